The Kier molecular flexibility index (Phi) is 4.55. The van der Waals surface area contributed by atoms with E-state index in [1.807, 2.05) is 34.9 Å². The van der Waals surface area contributed by atoms with E-state index in [9.17, 15) is 9.59 Å². The van der Waals surface area contributed by atoms with E-state index < -0.39 is 17.4 Å². The summed E-state index contributed by atoms with van der Waals surface area (Å²) in [6, 6.07) is 6.29. The lowest BCUT2D eigenvalue weighted by Gasteiger charge is -2.27. The SMILES string of the molecule is Cc1ccc(CN2C[C@]34C=C[C@H](O3)[C@@H](C(=O)N(C)Cc3nccn3C)[C@@H]4C2=O)cc1C. The number of rotatable bonds is 5. The zero-order valence-corrected chi connectivity index (χ0v) is 18.4. The van der Waals surface area contributed by atoms with E-state index in [2.05, 4.69) is 37.0 Å². The van der Waals surface area contributed by atoms with Gasteiger partial charge in [0.25, 0.3) is 0 Å². The molecule has 0 unspecified atom stereocenters. The van der Waals surface area contributed by atoms with Crippen LogP contribution < -0.4 is 0 Å². The van der Waals surface area contributed by atoms with Crippen LogP contribution in [0.1, 0.15) is 22.5 Å². The summed E-state index contributed by atoms with van der Waals surface area (Å²) in [6.45, 7) is 5.58. The lowest BCUT2D eigenvalue weighted by Crippen LogP contribution is -2.44. The smallest absolute Gasteiger partial charge is 0.230 e. The van der Waals surface area contributed by atoms with E-state index in [1.54, 1.807) is 18.1 Å². The van der Waals surface area contributed by atoms with Crippen LogP contribution >= 0.6 is 0 Å². The van der Waals surface area contributed by atoms with E-state index in [-0.39, 0.29) is 17.9 Å². The molecule has 7 heteroatoms. The second-order valence-corrected chi connectivity index (χ2v) is 9.16. The third-order valence-corrected chi connectivity index (χ3v) is 7.08. The van der Waals surface area contributed by atoms with Gasteiger partial charge in [-0.15, -0.1) is 0 Å². The zero-order valence-electron chi connectivity index (χ0n) is 18.4. The number of amides is 2. The third-order valence-electron chi connectivity index (χ3n) is 7.08. The molecule has 5 rings (SSSR count). The molecule has 1 aromatic heterocycles. The summed E-state index contributed by atoms with van der Waals surface area (Å²) in [4.78, 5) is 34.7. The van der Waals surface area contributed by atoms with Gasteiger partial charge in [0.15, 0.2) is 0 Å². The molecule has 0 radical (unpaired) electrons. The predicted octanol–water partition coefficient (Wildman–Crippen LogP) is 1.98. The first-order valence-corrected chi connectivity index (χ1v) is 10.7. The van der Waals surface area contributed by atoms with Gasteiger partial charge in [-0.1, -0.05) is 30.4 Å². The van der Waals surface area contributed by atoms with Crippen LogP contribution in [-0.4, -0.2) is 56.5 Å². The average molecular weight is 421 g/mol. The van der Waals surface area contributed by atoms with Crippen LogP contribution in [0, 0.1) is 25.7 Å². The fourth-order valence-corrected chi connectivity index (χ4v) is 5.21. The first kappa shape index (κ1) is 20.0. The molecule has 4 atom stereocenters. The van der Waals surface area contributed by atoms with E-state index in [4.69, 9.17) is 4.74 Å². The number of hydrogen-bond acceptors (Lipinski definition) is 4. The van der Waals surface area contributed by atoms with Crippen molar-refractivity contribution >= 4 is 11.8 Å². The molecule has 4 heterocycles. The Balaban J connectivity index is 1.36. The maximum atomic E-state index is 13.5. The molecule has 2 amide bonds. The van der Waals surface area contributed by atoms with E-state index in [0.29, 0.717) is 19.6 Å². The maximum Gasteiger partial charge on any atom is 0.230 e. The van der Waals surface area contributed by atoms with Gasteiger partial charge in [-0.2, -0.15) is 0 Å². The predicted molar refractivity (Wildman–Crippen MR) is 115 cm³/mol. The average Bonchev–Trinajstić information content (AvgIpc) is 3.47. The minimum absolute atomic E-state index is 0.00817. The highest BCUT2D eigenvalue weighted by Gasteiger charge is 2.67. The van der Waals surface area contributed by atoms with Gasteiger partial charge in [0.1, 0.15) is 11.4 Å². The van der Waals surface area contributed by atoms with Gasteiger partial charge in [-0.05, 0) is 30.5 Å². The second kappa shape index (κ2) is 7.05. The van der Waals surface area contributed by atoms with Gasteiger partial charge in [0.05, 0.1) is 31.0 Å². The molecular formula is C24H28N4O3. The molecule has 31 heavy (non-hydrogen) atoms. The minimum atomic E-state index is -0.689. The third kappa shape index (κ3) is 3.10. The summed E-state index contributed by atoms with van der Waals surface area (Å²) in [5.74, 6) is -0.211. The van der Waals surface area contributed by atoms with E-state index in [1.165, 1.54) is 11.1 Å². The van der Waals surface area contributed by atoms with Crippen LogP contribution in [0.3, 0.4) is 0 Å². The van der Waals surface area contributed by atoms with Crippen molar-refractivity contribution in [1.82, 2.24) is 19.4 Å². The van der Waals surface area contributed by atoms with Gasteiger partial charge in [0.2, 0.25) is 11.8 Å². The summed E-state index contributed by atoms with van der Waals surface area (Å²) in [5, 5.41) is 0. The van der Waals surface area contributed by atoms with Gasteiger partial charge >= 0.3 is 0 Å². The highest BCUT2D eigenvalue weighted by Crippen LogP contribution is 2.52. The molecule has 0 saturated carbocycles. The minimum Gasteiger partial charge on any atom is -0.360 e. The molecule has 3 aliphatic heterocycles. The topological polar surface area (TPSA) is 67.7 Å². The summed E-state index contributed by atoms with van der Waals surface area (Å²) in [5.41, 5.74) is 2.86. The first-order valence-electron chi connectivity index (χ1n) is 10.7. The number of benzene rings is 1. The van der Waals surface area contributed by atoms with Crippen LogP contribution in [0.15, 0.2) is 42.7 Å². The van der Waals surface area contributed by atoms with Gasteiger partial charge in [0, 0.05) is 33.0 Å². The Hall–Kier alpha value is -2.93. The van der Waals surface area contributed by atoms with Gasteiger partial charge in [-0.25, -0.2) is 4.98 Å². The lowest BCUT2D eigenvalue weighted by molar-refractivity contribution is -0.143. The number of ether oxygens (including phenoxy) is 1. The Morgan fingerprint density at radius 1 is 1.32 bits per heavy atom. The fourth-order valence-electron chi connectivity index (χ4n) is 5.21. The van der Waals surface area contributed by atoms with E-state index in [0.717, 1.165) is 11.4 Å². The summed E-state index contributed by atoms with van der Waals surface area (Å²) in [7, 11) is 3.68. The Labute approximate surface area is 182 Å². The largest absolute Gasteiger partial charge is 0.360 e. The normalized spacial score (nSPS) is 28.5. The quantitative estimate of drug-likeness (QED) is 0.694. The Morgan fingerprint density at radius 3 is 2.84 bits per heavy atom. The van der Waals surface area contributed by atoms with Crippen molar-refractivity contribution in [3.8, 4) is 0 Å². The van der Waals surface area contributed by atoms with Gasteiger partial charge < -0.3 is 19.1 Å². The van der Waals surface area contributed by atoms with Crippen molar-refractivity contribution in [2.45, 2.75) is 38.6 Å². The fraction of sp³-hybridized carbons (Fsp3) is 0.458. The van der Waals surface area contributed by atoms with Crippen LogP contribution in [-0.2, 0) is 34.5 Å². The molecule has 162 valence electrons. The molecular weight excluding hydrogens is 392 g/mol. The summed E-state index contributed by atoms with van der Waals surface area (Å²) < 4.78 is 8.16. The number of carbonyl (C=O) groups excluding carboxylic acids is 2. The number of imidazole rings is 1. The van der Waals surface area contributed by atoms with Crippen LogP contribution in [0.4, 0.5) is 0 Å². The van der Waals surface area contributed by atoms with Crippen molar-refractivity contribution in [3.05, 3.63) is 65.3 Å². The number of likely N-dealkylation sites (tertiary alicyclic amines) is 1. The van der Waals surface area contributed by atoms with Crippen LogP contribution in [0.5, 0.6) is 0 Å². The highest BCUT2D eigenvalue weighted by atomic mass is 16.5. The number of hydrogen-bond donors (Lipinski definition) is 0. The van der Waals surface area contributed by atoms with Crippen molar-refractivity contribution < 1.29 is 14.3 Å². The molecule has 1 aromatic carbocycles. The number of aryl methyl sites for hydroxylation is 3. The Bertz CT molecular complexity index is 1090. The molecule has 2 saturated heterocycles. The number of carbonyl (C=O) groups is 2. The Morgan fingerprint density at radius 2 is 2.13 bits per heavy atom. The molecule has 0 N–H and O–H groups in total. The highest BCUT2D eigenvalue weighted by molar-refractivity contribution is 5.93. The number of fused-ring (bicyclic) bond motifs is 1. The van der Waals surface area contributed by atoms with Crippen LogP contribution in [0.2, 0.25) is 0 Å². The summed E-state index contributed by atoms with van der Waals surface area (Å²) in [6.07, 6.45) is 7.20. The monoisotopic (exact) mass is 420 g/mol. The van der Waals surface area contributed by atoms with Crippen molar-refractivity contribution in [3.63, 3.8) is 0 Å². The molecule has 2 fully saturated rings. The molecule has 7 nitrogen and oxygen atoms in total. The molecule has 2 bridgehead atoms. The maximum absolute atomic E-state index is 13.5. The molecule has 1 spiro atoms. The molecule has 0 aliphatic carbocycles. The van der Waals surface area contributed by atoms with Crippen molar-refractivity contribution in [2.75, 3.05) is 13.6 Å². The van der Waals surface area contributed by atoms with Crippen molar-refractivity contribution in [1.29, 1.82) is 0 Å². The molecule has 2 aromatic rings. The summed E-state index contributed by atoms with van der Waals surface area (Å²) >= 11 is 0. The molecule has 3 aliphatic rings. The van der Waals surface area contributed by atoms with Crippen molar-refractivity contribution in [2.24, 2.45) is 18.9 Å². The standard InChI is InChI=1S/C24H28N4O3/c1-15-5-6-17(11-16(15)2)12-28-14-24-8-7-18(31-24)20(21(24)23(28)30)22(29)27(4)13-19-25-9-10-26(19)3/h5-11,18,20-21H,12-14H2,1-4H3/t18-,20+,21+,24-/m0/s1. The second-order valence-electron chi connectivity index (χ2n) is 9.16. The van der Waals surface area contributed by atoms with Gasteiger partial charge in [-0.3, -0.25) is 9.59 Å². The van der Waals surface area contributed by atoms with Crippen LogP contribution in [0.25, 0.3) is 0 Å². The lowest BCUT2D eigenvalue weighted by atomic mass is 9.76. The number of aromatic nitrogens is 2. The number of nitrogens with zero attached hydrogens (tertiary/aromatic N) is 4. The zero-order chi connectivity index (χ0) is 21.9. The first-order chi connectivity index (χ1) is 14.8. The van der Waals surface area contributed by atoms with E-state index >= 15 is 0 Å².